The van der Waals surface area contributed by atoms with Gasteiger partial charge in [0.1, 0.15) is 0 Å². The van der Waals surface area contributed by atoms with Crippen molar-refractivity contribution < 1.29 is 19.1 Å². The summed E-state index contributed by atoms with van der Waals surface area (Å²) in [5.41, 5.74) is 3.51. The van der Waals surface area contributed by atoms with Crippen LogP contribution in [0.15, 0.2) is 60.9 Å². The molecule has 0 fully saturated rings. The Morgan fingerprint density at radius 1 is 1.00 bits per heavy atom. The maximum absolute atomic E-state index is 12.8. The molecule has 2 aromatic carbocycles. The fourth-order valence-corrected chi connectivity index (χ4v) is 3.55. The molecule has 3 heterocycles. The summed E-state index contributed by atoms with van der Waals surface area (Å²) in [6.07, 6.45) is 3.97. The quantitative estimate of drug-likeness (QED) is 0.746. The smallest absolute Gasteiger partial charge is 0.259 e. The summed E-state index contributed by atoms with van der Waals surface area (Å²) in [7, 11) is 0. The van der Waals surface area contributed by atoms with Crippen molar-refractivity contribution in [3.63, 3.8) is 0 Å². The molecule has 2 aliphatic heterocycles. The van der Waals surface area contributed by atoms with Crippen molar-refractivity contribution in [1.82, 2.24) is 4.98 Å². The molecule has 0 spiro atoms. The van der Waals surface area contributed by atoms with Gasteiger partial charge in [-0.1, -0.05) is 6.07 Å². The standard InChI is InChI=1S/C22H17N3O4/c26-21(15-4-6-19-20(10-15)29-13-28-19)24-17-5-3-14-7-9-25(18(14)11-17)22(27)16-2-1-8-23-12-16/h1-6,8,10-12H,7,9,13H2,(H,24,26). The Bertz CT molecular complexity index is 1110. The van der Waals surface area contributed by atoms with Crippen molar-refractivity contribution in [2.45, 2.75) is 6.42 Å². The summed E-state index contributed by atoms with van der Waals surface area (Å²) in [5, 5.41) is 2.89. The van der Waals surface area contributed by atoms with Crippen molar-refractivity contribution in [2.24, 2.45) is 0 Å². The highest BCUT2D eigenvalue weighted by Gasteiger charge is 2.26. The van der Waals surface area contributed by atoms with Crippen LogP contribution in [0.2, 0.25) is 0 Å². The molecule has 0 saturated heterocycles. The van der Waals surface area contributed by atoms with Crippen LogP contribution in [-0.2, 0) is 6.42 Å². The van der Waals surface area contributed by atoms with Crippen LogP contribution < -0.4 is 19.7 Å². The Balaban J connectivity index is 1.38. The summed E-state index contributed by atoms with van der Waals surface area (Å²) in [4.78, 5) is 31.3. The molecule has 2 aliphatic rings. The number of rotatable bonds is 3. The van der Waals surface area contributed by atoms with Gasteiger partial charge in [0, 0.05) is 35.9 Å². The normalized spacial score (nSPS) is 13.9. The van der Waals surface area contributed by atoms with E-state index in [4.69, 9.17) is 9.47 Å². The third-order valence-electron chi connectivity index (χ3n) is 5.03. The highest BCUT2D eigenvalue weighted by Crippen LogP contribution is 2.34. The first kappa shape index (κ1) is 17.2. The van der Waals surface area contributed by atoms with Gasteiger partial charge in [0.25, 0.3) is 11.8 Å². The second kappa shape index (κ2) is 6.94. The highest BCUT2D eigenvalue weighted by atomic mass is 16.7. The van der Waals surface area contributed by atoms with Crippen LogP contribution >= 0.6 is 0 Å². The lowest BCUT2D eigenvalue weighted by Crippen LogP contribution is -2.29. The summed E-state index contributed by atoms with van der Waals surface area (Å²) in [6.45, 7) is 0.759. The summed E-state index contributed by atoms with van der Waals surface area (Å²) < 4.78 is 10.6. The van der Waals surface area contributed by atoms with Crippen LogP contribution in [0.4, 0.5) is 11.4 Å². The van der Waals surface area contributed by atoms with Crippen molar-refractivity contribution in [1.29, 1.82) is 0 Å². The summed E-state index contributed by atoms with van der Waals surface area (Å²) in [6, 6.07) is 14.2. The van der Waals surface area contributed by atoms with E-state index in [1.165, 1.54) is 0 Å². The topological polar surface area (TPSA) is 80.8 Å². The van der Waals surface area contributed by atoms with Crippen LogP contribution in [0, 0.1) is 0 Å². The molecule has 0 radical (unpaired) electrons. The van der Waals surface area contributed by atoms with E-state index in [1.54, 1.807) is 47.6 Å². The zero-order chi connectivity index (χ0) is 19.8. The first-order valence-electron chi connectivity index (χ1n) is 9.25. The molecule has 0 unspecified atom stereocenters. The Morgan fingerprint density at radius 3 is 2.76 bits per heavy atom. The lowest BCUT2D eigenvalue weighted by atomic mass is 10.1. The second-order valence-electron chi connectivity index (χ2n) is 6.81. The minimum absolute atomic E-state index is 0.101. The molecule has 7 nitrogen and oxygen atoms in total. The number of nitrogens with one attached hydrogen (secondary N) is 1. The number of amides is 2. The van der Waals surface area contributed by atoms with Crippen molar-refractivity contribution in [3.8, 4) is 11.5 Å². The van der Waals surface area contributed by atoms with Gasteiger partial charge < -0.3 is 19.7 Å². The predicted molar refractivity (Wildman–Crippen MR) is 107 cm³/mol. The number of carbonyl (C=O) groups is 2. The largest absolute Gasteiger partial charge is 0.454 e. The van der Waals surface area contributed by atoms with Gasteiger partial charge in [-0.2, -0.15) is 0 Å². The van der Waals surface area contributed by atoms with E-state index in [-0.39, 0.29) is 18.6 Å². The van der Waals surface area contributed by atoms with Crippen LogP contribution in [0.25, 0.3) is 0 Å². The third kappa shape index (κ3) is 3.16. The van der Waals surface area contributed by atoms with E-state index in [2.05, 4.69) is 10.3 Å². The maximum Gasteiger partial charge on any atom is 0.259 e. The number of aromatic nitrogens is 1. The molecule has 0 aliphatic carbocycles. The van der Waals surface area contributed by atoms with Crippen LogP contribution in [0.5, 0.6) is 11.5 Å². The van der Waals surface area contributed by atoms with E-state index in [1.807, 2.05) is 18.2 Å². The van der Waals surface area contributed by atoms with Gasteiger partial charge in [-0.25, -0.2) is 0 Å². The Hall–Kier alpha value is -3.87. The molecule has 7 heteroatoms. The van der Waals surface area contributed by atoms with E-state index in [0.29, 0.717) is 34.9 Å². The zero-order valence-electron chi connectivity index (χ0n) is 15.4. The first-order chi connectivity index (χ1) is 14.2. The third-order valence-corrected chi connectivity index (χ3v) is 5.03. The van der Waals surface area contributed by atoms with Gasteiger partial charge in [0.2, 0.25) is 6.79 Å². The minimum atomic E-state index is -0.258. The number of carbonyl (C=O) groups excluding carboxylic acids is 2. The highest BCUT2D eigenvalue weighted by molar-refractivity contribution is 6.08. The minimum Gasteiger partial charge on any atom is -0.454 e. The Kier molecular flexibility index (Phi) is 4.13. The monoisotopic (exact) mass is 387 g/mol. The molecule has 1 N–H and O–H groups in total. The van der Waals surface area contributed by atoms with Gasteiger partial charge >= 0.3 is 0 Å². The number of pyridine rings is 1. The molecule has 29 heavy (non-hydrogen) atoms. The SMILES string of the molecule is O=C(Nc1ccc2c(c1)N(C(=O)c1cccnc1)CC2)c1ccc2c(c1)OCO2. The number of benzene rings is 2. The Labute approximate surface area is 166 Å². The molecule has 1 aromatic heterocycles. The molecular formula is C22H17N3O4. The number of hydrogen-bond donors (Lipinski definition) is 1. The predicted octanol–water partition coefficient (Wildman–Crippen LogP) is 3.27. The number of hydrogen-bond acceptors (Lipinski definition) is 5. The van der Waals surface area contributed by atoms with Crippen LogP contribution in [-0.4, -0.2) is 30.1 Å². The van der Waals surface area contributed by atoms with Gasteiger partial charge in [0.05, 0.1) is 5.56 Å². The molecule has 0 saturated carbocycles. The number of anilines is 2. The lowest BCUT2D eigenvalue weighted by molar-refractivity contribution is 0.0987. The molecule has 0 atom stereocenters. The van der Waals surface area contributed by atoms with Gasteiger partial charge in [-0.15, -0.1) is 0 Å². The van der Waals surface area contributed by atoms with Crippen molar-refractivity contribution in [2.75, 3.05) is 23.6 Å². The summed E-state index contributed by atoms with van der Waals surface area (Å²) >= 11 is 0. The van der Waals surface area contributed by atoms with Gasteiger partial charge in [-0.3, -0.25) is 14.6 Å². The first-order valence-corrected chi connectivity index (χ1v) is 9.25. The van der Waals surface area contributed by atoms with Crippen LogP contribution in [0.1, 0.15) is 26.3 Å². The van der Waals surface area contributed by atoms with Gasteiger partial charge in [-0.05, 0) is 54.4 Å². The summed E-state index contributed by atoms with van der Waals surface area (Å²) in [5.74, 6) is 0.825. The lowest BCUT2D eigenvalue weighted by Gasteiger charge is -2.18. The van der Waals surface area contributed by atoms with E-state index < -0.39 is 0 Å². The number of fused-ring (bicyclic) bond motifs is 2. The molecule has 0 bridgehead atoms. The molecule has 2 amide bonds. The maximum atomic E-state index is 12.8. The van der Waals surface area contributed by atoms with Crippen LogP contribution in [0.3, 0.4) is 0 Å². The number of ether oxygens (including phenoxy) is 2. The molecule has 5 rings (SSSR count). The zero-order valence-corrected chi connectivity index (χ0v) is 15.4. The van der Waals surface area contributed by atoms with E-state index in [9.17, 15) is 9.59 Å². The number of nitrogens with zero attached hydrogens (tertiary/aromatic N) is 2. The van der Waals surface area contributed by atoms with Crippen molar-refractivity contribution in [3.05, 3.63) is 77.6 Å². The fourth-order valence-electron chi connectivity index (χ4n) is 3.55. The molecule has 144 valence electrons. The molecule has 3 aromatic rings. The Morgan fingerprint density at radius 2 is 1.90 bits per heavy atom. The van der Waals surface area contributed by atoms with Gasteiger partial charge in [0.15, 0.2) is 11.5 Å². The van der Waals surface area contributed by atoms with E-state index in [0.717, 1.165) is 17.7 Å². The van der Waals surface area contributed by atoms with E-state index >= 15 is 0 Å². The molecular weight excluding hydrogens is 370 g/mol. The second-order valence-corrected chi connectivity index (χ2v) is 6.81. The average molecular weight is 387 g/mol. The van der Waals surface area contributed by atoms with Crippen molar-refractivity contribution >= 4 is 23.2 Å². The average Bonchev–Trinajstić information content (AvgIpc) is 3.40. The fraction of sp³-hybridized carbons (Fsp3) is 0.136.